The van der Waals surface area contributed by atoms with Gasteiger partial charge in [0.05, 0.1) is 36.9 Å². The van der Waals surface area contributed by atoms with Crippen molar-refractivity contribution in [2.24, 2.45) is 10.2 Å². The molecule has 1 heterocycles. The molecule has 0 aliphatic carbocycles. The smallest absolute Gasteiger partial charge is 0.104 e. The van der Waals surface area contributed by atoms with Crippen molar-refractivity contribution >= 4 is 17.1 Å². The number of nitriles is 2. The first-order chi connectivity index (χ1) is 11.3. The minimum Gasteiger partial charge on any atom is -0.369 e. The van der Waals surface area contributed by atoms with E-state index < -0.39 is 0 Å². The van der Waals surface area contributed by atoms with Gasteiger partial charge in [-0.3, -0.25) is 4.98 Å². The Bertz CT molecular complexity index is 691. The molecule has 1 aromatic heterocycles. The molecule has 114 valence electrons. The molecule has 0 radical (unpaired) electrons. The van der Waals surface area contributed by atoms with E-state index in [1.165, 1.54) is 0 Å². The van der Waals surface area contributed by atoms with E-state index in [9.17, 15) is 0 Å². The largest absolute Gasteiger partial charge is 0.369 e. The van der Waals surface area contributed by atoms with Gasteiger partial charge in [-0.15, -0.1) is 5.11 Å². The van der Waals surface area contributed by atoms with Crippen molar-refractivity contribution in [3.8, 4) is 12.1 Å². The minimum absolute atomic E-state index is 0.424. The molecule has 0 amide bonds. The second-order valence-electron chi connectivity index (χ2n) is 4.73. The number of nitrogens with zero attached hydrogens (tertiary/aromatic N) is 6. The normalized spacial score (nSPS) is 10.2. The van der Waals surface area contributed by atoms with Crippen LogP contribution in [0, 0.1) is 22.7 Å². The topological polar surface area (TPSA) is 88.4 Å². The van der Waals surface area contributed by atoms with Gasteiger partial charge in [-0.05, 0) is 36.4 Å². The van der Waals surface area contributed by atoms with Gasteiger partial charge >= 0.3 is 0 Å². The molecule has 0 saturated heterocycles. The van der Waals surface area contributed by atoms with E-state index in [1.807, 2.05) is 35.2 Å². The average Bonchev–Trinajstić information content (AvgIpc) is 2.62. The number of azo groups is 1. The summed E-state index contributed by atoms with van der Waals surface area (Å²) < 4.78 is 0. The maximum absolute atomic E-state index is 8.74. The van der Waals surface area contributed by atoms with Crippen LogP contribution in [-0.4, -0.2) is 18.1 Å². The van der Waals surface area contributed by atoms with Crippen molar-refractivity contribution in [1.82, 2.24) is 4.98 Å². The van der Waals surface area contributed by atoms with E-state index in [0.717, 1.165) is 11.4 Å². The fourth-order valence-electron chi connectivity index (χ4n) is 2.00. The average molecular weight is 304 g/mol. The molecule has 0 aliphatic heterocycles. The molecule has 23 heavy (non-hydrogen) atoms. The van der Waals surface area contributed by atoms with Crippen molar-refractivity contribution in [3.63, 3.8) is 0 Å². The predicted molar refractivity (Wildman–Crippen MR) is 87.5 cm³/mol. The summed E-state index contributed by atoms with van der Waals surface area (Å²) >= 11 is 0. The molecule has 0 aliphatic rings. The Morgan fingerprint density at radius 1 is 0.913 bits per heavy atom. The highest BCUT2D eigenvalue weighted by Crippen LogP contribution is 2.22. The van der Waals surface area contributed by atoms with E-state index in [0.29, 0.717) is 31.6 Å². The summed E-state index contributed by atoms with van der Waals surface area (Å²) in [6.07, 6.45) is 4.18. The number of hydrogen-bond acceptors (Lipinski definition) is 6. The van der Waals surface area contributed by atoms with Crippen molar-refractivity contribution in [1.29, 1.82) is 10.5 Å². The van der Waals surface area contributed by atoms with E-state index in [2.05, 4.69) is 27.4 Å². The first-order valence-corrected chi connectivity index (χ1v) is 7.24. The van der Waals surface area contributed by atoms with Crippen molar-refractivity contribution in [3.05, 3.63) is 48.8 Å². The van der Waals surface area contributed by atoms with Gasteiger partial charge in [0.2, 0.25) is 0 Å². The highest BCUT2D eigenvalue weighted by molar-refractivity contribution is 5.53. The highest BCUT2D eigenvalue weighted by Gasteiger charge is 2.05. The number of rotatable bonds is 7. The molecule has 2 aromatic rings. The second-order valence-corrected chi connectivity index (χ2v) is 4.73. The van der Waals surface area contributed by atoms with Gasteiger partial charge in [0.25, 0.3) is 0 Å². The van der Waals surface area contributed by atoms with Crippen LogP contribution >= 0.6 is 0 Å². The minimum atomic E-state index is 0.424. The highest BCUT2D eigenvalue weighted by atomic mass is 15.1. The van der Waals surface area contributed by atoms with E-state index in [4.69, 9.17) is 10.5 Å². The van der Waals surface area contributed by atoms with Crippen LogP contribution < -0.4 is 4.90 Å². The maximum Gasteiger partial charge on any atom is 0.104 e. The summed E-state index contributed by atoms with van der Waals surface area (Å²) in [6, 6.07) is 15.5. The Labute approximate surface area is 135 Å². The van der Waals surface area contributed by atoms with Crippen LogP contribution in [-0.2, 0) is 0 Å². The zero-order valence-electron chi connectivity index (χ0n) is 12.6. The number of anilines is 1. The molecule has 6 heteroatoms. The van der Waals surface area contributed by atoms with E-state index >= 15 is 0 Å². The maximum atomic E-state index is 8.74. The Kier molecular flexibility index (Phi) is 6.25. The summed E-state index contributed by atoms with van der Waals surface area (Å²) in [5.74, 6) is 0. The number of benzene rings is 1. The van der Waals surface area contributed by atoms with Gasteiger partial charge in [-0.2, -0.15) is 15.6 Å². The van der Waals surface area contributed by atoms with Crippen molar-refractivity contribution < 1.29 is 0 Å². The molecule has 0 atom stereocenters. The summed E-state index contributed by atoms with van der Waals surface area (Å²) in [5.41, 5.74) is 2.40. The quantitative estimate of drug-likeness (QED) is 0.719. The predicted octanol–water partition coefficient (Wildman–Crippen LogP) is 4.13. The molecule has 0 saturated carbocycles. The molecule has 0 unspecified atom stereocenters. The Morgan fingerprint density at radius 2 is 1.57 bits per heavy atom. The van der Waals surface area contributed by atoms with Crippen LogP contribution in [0.1, 0.15) is 12.8 Å². The summed E-state index contributed by atoms with van der Waals surface area (Å²) in [6.45, 7) is 1.21. The molecule has 0 fully saturated rings. The molecule has 0 N–H and O–H groups in total. The lowest BCUT2D eigenvalue weighted by atomic mass is 10.2. The SMILES string of the molecule is N#CCCN(CCC#N)c1ccc(N=Nc2cccnc2)cc1. The van der Waals surface area contributed by atoms with Crippen LogP contribution in [0.25, 0.3) is 0 Å². The van der Waals surface area contributed by atoms with Crippen LogP contribution in [0.2, 0.25) is 0 Å². The standard InChI is InChI=1S/C17H16N6/c18-9-2-12-23(13-3-10-19)17-7-5-15(6-8-17)21-22-16-4-1-11-20-14-16/h1,4-8,11,14H,2-3,12-13H2. The third-order valence-electron chi connectivity index (χ3n) is 3.13. The molecule has 1 aromatic carbocycles. The number of aromatic nitrogens is 1. The fourth-order valence-corrected chi connectivity index (χ4v) is 2.00. The first-order valence-electron chi connectivity index (χ1n) is 7.24. The summed E-state index contributed by atoms with van der Waals surface area (Å²) in [5, 5.41) is 25.7. The van der Waals surface area contributed by atoms with Crippen LogP contribution in [0.3, 0.4) is 0 Å². The Morgan fingerprint density at radius 3 is 2.13 bits per heavy atom. The van der Waals surface area contributed by atoms with Gasteiger partial charge in [0.1, 0.15) is 5.69 Å². The van der Waals surface area contributed by atoms with E-state index in [-0.39, 0.29) is 0 Å². The molecule has 2 rings (SSSR count). The van der Waals surface area contributed by atoms with Gasteiger partial charge < -0.3 is 4.90 Å². The third-order valence-corrected chi connectivity index (χ3v) is 3.13. The van der Waals surface area contributed by atoms with Crippen molar-refractivity contribution in [2.75, 3.05) is 18.0 Å². The second kappa shape index (κ2) is 8.91. The number of pyridine rings is 1. The molecular formula is C17H16N6. The van der Waals surface area contributed by atoms with E-state index in [1.54, 1.807) is 18.5 Å². The summed E-state index contributed by atoms with van der Waals surface area (Å²) in [4.78, 5) is 6.00. The molecule has 6 nitrogen and oxygen atoms in total. The zero-order valence-corrected chi connectivity index (χ0v) is 12.6. The van der Waals surface area contributed by atoms with Gasteiger partial charge in [0, 0.05) is 25.0 Å². The molecule has 0 bridgehead atoms. The van der Waals surface area contributed by atoms with Gasteiger partial charge in [-0.1, -0.05) is 0 Å². The lowest BCUT2D eigenvalue weighted by Crippen LogP contribution is -2.25. The van der Waals surface area contributed by atoms with Crippen molar-refractivity contribution in [2.45, 2.75) is 12.8 Å². The Hall–Kier alpha value is -3.25. The molecular weight excluding hydrogens is 288 g/mol. The van der Waals surface area contributed by atoms with Crippen LogP contribution in [0.4, 0.5) is 17.1 Å². The Balaban J connectivity index is 2.06. The van der Waals surface area contributed by atoms with Crippen LogP contribution in [0.15, 0.2) is 59.0 Å². The fraction of sp³-hybridized carbons (Fsp3) is 0.235. The van der Waals surface area contributed by atoms with Gasteiger partial charge in [0.15, 0.2) is 0 Å². The lowest BCUT2D eigenvalue weighted by Gasteiger charge is -2.22. The van der Waals surface area contributed by atoms with Gasteiger partial charge in [-0.25, -0.2) is 0 Å². The first kappa shape index (κ1) is 16.1. The number of hydrogen-bond donors (Lipinski definition) is 0. The molecule has 0 spiro atoms. The van der Waals surface area contributed by atoms with Crippen LogP contribution in [0.5, 0.6) is 0 Å². The summed E-state index contributed by atoms with van der Waals surface area (Å²) in [7, 11) is 0. The third kappa shape index (κ3) is 5.22. The monoisotopic (exact) mass is 304 g/mol. The lowest BCUT2D eigenvalue weighted by molar-refractivity contribution is 0.796. The zero-order chi connectivity index (χ0) is 16.3.